The largest absolute Gasteiger partial charge is 0.332 e. The van der Waals surface area contributed by atoms with Crippen LogP contribution in [0.1, 0.15) is 23.5 Å². The van der Waals surface area contributed by atoms with Crippen LogP contribution in [-0.4, -0.2) is 27.4 Å². The van der Waals surface area contributed by atoms with Crippen molar-refractivity contribution >= 4 is 11.3 Å². The summed E-state index contributed by atoms with van der Waals surface area (Å²) in [5, 5.41) is 9.87. The van der Waals surface area contributed by atoms with Gasteiger partial charge in [-0.3, -0.25) is 14.2 Å². The summed E-state index contributed by atoms with van der Waals surface area (Å²) in [7, 11) is 0. The molecule has 1 N–H and O–H groups in total. The summed E-state index contributed by atoms with van der Waals surface area (Å²) in [4.78, 5) is 25.6. The molecular formula is C14H16N4O2S. The van der Waals surface area contributed by atoms with Gasteiger partial charge < -0.3 is 5.32 Å². The Hall–Kier alpha value is -1.73. The van der Waals surface area contributed by atoms with E-state index in [1.165, 1.54) is 4.68 Å². The molecule has 4 rings (SSSR count). The summed E-state index contributed by atoms with van der Waals surface area (Å²) in [6.07, 6.45) is 1.88. The number of nitrogens with zero attached hydrogens (tertiary/aromatic N) is 3. The van der Waals surface area contributed by atoms with E-state index < -0.39 is 11.1 Å². The minimum Gasteiger partial charge on any atom is -0.316 e. The minimum absolute atomic E-state index is 0.0654. The van der Waals surface area contributed by atoms with Gasteiger partial charge in [0.05, 0.1) is 6.54 Å². The van der Waals surface area contributed by atoms with Gasteiger partial charge in [-0.2, -0.15) is 5.10 Å². The Bertz CT molecular complexity index is 784. The molecule has 1 saturated heterocycles. The van der Waals surface area contributed by atoms with Crippen LogP contribution in [0.4, 0.5) is 0 Å². The number of rotatable bonds is 2. The van der Waals surface area contributed by atoms with Crippen molar-refractivity contribution < 1.29 is 0 Å². The van der Waals surface area contributed by atoms with Crippen molar-refractivity contribution in [2.45, 2.75) is 31.3 Å². The van der Waals surface area contributed by atoms with Gasteiger partial charge in [-0.25, -0.2) is 4.68 Å². The number of aromatic nitrogens is 3. The summed E-state index contributed by atoms with van der Waals surface area (Å²) < 4.78 is 2.92. The molecule has 1 spiro atoms. The maximum atomic E-state index is 12.3. The molecule has 0 amide bonds. The number of thiophene rings is 1. The molecule has 21 heavy (non-hydrogen) atoms. The normalized spacial score (nSPS) is 23.8. The summed E-state index contributed by atoms with van der Waals surface area (Å²) >= 11 is 1.57. The van der Waals surface area contributed by atoms with Gasteiger partial charge in [-0.15, -0.1) is 11.3 Å². The number of fused-ring (bicyclic) bond motifs is 2. The molecule has 2 aliphatic heterocycles. The second-order valence-corrected chi connectivity index (χ2v) is 6.81. The first-order chi connectivity index (χ1) is 10.2. The maximum Gasteiger partial charge on any atom is 0.332 e. The van der Waals surface area contributed by atoms with E-state index in [1.54, 1.807) is 15.9 Å². The van der Waals surface area contributed by atoms with Crippen molar-refractivity contribution in [3.8, 4) is 0 Å². The van der Waals surface area contributed by atoms with Crippen LogP contribution < -0.4 is 16.4 Å². The van der Waals surface area contributed by atoms with E-state index >= 15 is 0 Å². The third-order valence-electron chi connectivity index (χ3n) is 4.55. The van der Waals surface area contributed by atoms with Gasteiger partial charge in [-0.1, -0.05) is 6.07 Å². The molecule has 4 heterocycles. The Morgan fingerprint density at radius 2 is 2.24 bits per heavy atom. The highest BCUT2D eigenvalue weighted by Gasteiger charge is 2.44. The molecule has 1 atom stereocenters. The lowest BCUT2D eigenvalue weighted by Gasteiger charge is -2.21. The lowest BCUT2D eigenvalue weighted by molar-refractivity contribution is 0.439. The molecule has 0 bridgehead atoms. The van der Waals surface area contributed by atoms with Crippen LogP contribution >= 0.6 is 11.3 Å². The zero-order valence-corrected chi connectivity index (χ0v) is 12.4. The molecule has 7 heteroatoms. The highest BCUT2D eigenvalue weighted by atomic mass is 32.1. The van der Waals surface area contributed by atoms with E-state index in [-0.39, 0.29) is 5.41 Å². The fourth-order valence-electron chi connectivity index (χ4n) is 3.38. The first kappa shape index (κ1) is 13.0. The maximum absolute atomic E-state index is 12.3. The number of hydrogen-bond donors (Lipinski definition) is 1. The van der Waals surface area contributed by atoms with Crippen molar-refractivity contribution in [1.82, 2.24) is 19.7 Å². The zero-order chi connectivity index (χ0) is 14.4. The highest BCUT2D eigenvalue weighted by molar-refractivity contribution is 7.09. The summed E-state index contributed by atoms with van der Waals surface area (Å²) in [5.41, 5.74) is -1.01. The molecular weight excluding hydrogens is 288 g/mol. The zero-order valence-electron chi connectivity index (χ0n) is 11.5. The Morgan fingerprint density at radius 1 is 1.33 bits per heavy atom. The first-order valence-electron chi connectivity index (χ1n) is 7.15. The third kappa shape index (κ3) is 1.91. The van der Waals surface area contributed by atoms with E-state index in [1.807, 2.05) is 17.5 Å². The Morgan fingerprint density at radius 3 is 2.95 bits per heavy atom. The minimum atomic E-state index is -0.518. The summed E-state index contributed by atoms with van der Waals surface area (Å²) in [6.45, 7) is 2.78. The summed E-state index contributed by atoms with van der Waals surface area (Å²) in [5.74, 6) is 0.786. The molecule has 2 aromatic rings. The standard InChI is InChI=1S/C14H16N4O2S/c19-11-12(20)18(8-10-2-1-7-21-10)16-13-14(3-5-15-9-14)4-6-17(11)13/h1-2,7,15H,3-6,8-9H2/t14-/m0/s1. The van der Waals surface area contributed by atoms with Gasteiger partial charge in [0.15, 0.2) is 0 Å². The van der Waals surface area contributed by atoms with Gasteiger partial charge in [-0.05, 0) is 30.8 Å². The molecule has 0 aromatic carbocycles. The van der Waals surface area contributed by atoms with Crippen LogP contribution in [-0.2, 0) is 18.5 Å². The smallest absolute Gasteiger partial charge is 0.316 e. The fraction of sp³-hybridized carbons (Fsp3) is 0.500. The molecule has 0 saturated carbocycles. The highest BCUT2D eigenvalue weighted by Crippen LogP contribution is 2.37. The van der Waals surface area contributed by atoms with Crippen LogP contribution in [0.15, 0.2) is 27.1 Å². The van der Waals surface area contributed by atoms with Crippen molar-refractivity contribution in [3.63, 3.8) is 0 Å². The van der Waals surface area contributed by atoms with E-state index in [4.69, 9.17) is 0 Å². The predicted molar refractivity (Wildman–Crippen MR) is 80.0 cm³/mol. The summed E-state index contributed by atoms with van der Waals surface area (Å²) in [6, 6.07) is 3.89. The van der Waals surface area contributed by atoms with Crippen molar-refractivity contribution in [3.05, 3.63) is 48.9 Å². The SMILES string of the molecule is O=c1c(=O)n2c(nn1Cc1cccs1)[C@@]1(CCNC1)CC2. The van der Waals surface area contributed by atoms with Gasteiger partial charge in [0, 0.05) is 23.4 Å². The Labute approximate surface area is 125 Å². The number of nitrogens with one attached hydrogen (secondary N) is 1. The van der Waals surface area contributed by atoms with Crippen LogP contribution in [0.3, 0.4) is 0 Å². The second kappa shape index (κ2) is 4.64. The average Bonchev–Trinajstić information content (AvgIpc) is 3.20. The third-order valence-corrected chi connectivity index (χ3v) is 5.41. The van der Waals surface area contributed by atoms with Crippen LogP contribution in [0.2, 0.25) is 0 Å². The molecule has 6 nitrogen and oxygen atoms in total. The number of hydrogen-bond acceptors (Lipinski definition) is 5. The Balaban J connectivity index is 1.85. The van der Waals surface area contributed by atoms with Crippen LogP contribution in [0.25, 0.3) is 0 Å². The lowest BCUT2D eigenvalue weighted by Crippen LogP contribution is -2.45. The van der Waals surface area contributed by atoms with Crippen molar-refractivity contribution in [1.29, 1.82) is 0 Å². The molecule has 0 radical (unpaired) electrons. The monoisotopic (exact) mass is 304 g/mol. The quantitative estimate of drug-likeness (QED) is 0.802. The van der Waals surface area contributed by atoms with Crippen LogP contribution in [0, 0.1) is 0 Å². The van der Waals surface area contributed by atoms with Gasteiger partial charge >= 0.3 is 11.1 Å². The van der Waals surface area contributed by atoms with E-state index in [2.05, 4.69) is 10.4 Å². The molecule has 2 aliphatic rings. The molecule has 1 fully saturated rings. The first-order valence-corrected chi connectivity index (χ1v) is 8.03. The molecule has 2 aromatic heterocycles. The molecule has 0 unspecified atom stereocenters. The molecule has 110 valence electrons. The van der Waals surface area contributed by atoms with Crippen molar-refractivity contribution in [2.24, 2.45) is 0 Å². The Kier molecular flexibility index (Phi) is 2.87. The van der Waals surface area contributed by atoms with Crippen LogP contribution in [0.5, 0.6) is 0 Å². The van der Waals surface area contributed by atoms with Crippen molar-refractivity contribution in [2.75, 3.05) is 13.1 Å². The van der Waals surface area contributed by atoms with Gasteiger partial charge in [0.25, 0.3) is 0 Å². The van der Waals surface area contributed by atoms with Gasteiger partial charge in [0.2, 0.25) is 0 Å². The van der Waals surface area contributed by atoms with E-state index in [9.17, 15) is 9.59 Å². The second-order valence-electron chi connectivity index (χ2n) is 5.78. The molecule has 0 aliphatic carbocycles. The van der Waals surface area contributed by atoms with E-state index in [0.717, 1.165) is 36.6 Å². The van der Waals surface area contributed by atoms with E-state index in [0.29, 0.717) is 13.1 Å². The lowest BCUT2D eigenvalue weighted by atomic mass is 9.85. The topological polar surface area (TPSA) is 68.9 Å². The van der Waals surface area contributed by atoms with Gasteiger partial charge in [0.1, 0.15) is 5.82 Å². The fourth-order valence-corrected chi connectivity index (χ4v) is 4.06. The average molecular weight is 304 g/mol. The predicted octanol–water partition coefficient (Wildman–Crippen LogP) is 0.150.